The number of piperidine rings is 1. The van der Waals surface area contributed by atoms with Gasteiger partial charge in [-0.05, 0) is 68.4 Å². The van der Waals surface area contributed by atoms with E-state index in [0.717, 1.165) is 6.54 Å². The lowest BCUT2D eigenvalue weighted by atomic mass is 9.80. The fourth-order valence-electron chi connectivity index (χ4n) is 3.53. The summed E-state index contributed by atoms with van der Waals surface area (Å²) in [6, 6.07) is 7.18. The molecule has 0 radical (unpaired) electrons. The van der Waals surface area contributed by atoms with E-state index in [4.69, 9.17) is 0 Å². The SMILES string of the molecule is CN1CCC(C)(CNC2CCc3c(Br)cccc32)CC1. The molecule has 1 unspecified atom stereocenters. The molecule has 1 heterocycles. The third-order valence-corrected chi connectivity index (χ3v) is 5.93. The molecular formula is C17H25BrN2. The molecule has 1 aromatic rings. The number of benzene rings is 1. The molecule has 0 saturated carbocycles. The van der Waals surface area contributed by atoms with E-state index >= 15 is 0 Å². The van der Waals surface area contributed by atoms with Crippen LogP contribution in [0.5, 0.6) is 0 Å². The van der Waals surface area contributed by atoms with Gasteiger partial charge in [-0.25, -0.2) is 0 Å². The van der Waals surface area contributed by atoms with Crippen molar-refractivity contribution in [3.63, 3.8) is 0 Å². The molecule has 20 heavy (non-hydrogen) atoms. The highest BCUT2D eigenvalue weighted by Crippen LogP contribution is 2.37. The number of rotatable bonds is 3. The lowest BCUT2D eigenvalue weighted by Gasteiger charge is -2.38. The lowest BCUT2D eigenvalue weighted by molar-refractivity contribution is 0.133. The van der Waals surface area contributed by atoms with Crippen molar-refractivity contribution >= 4 is 15.9 Å². The van der Waals surface area contributed by atoms with Crippen molar-refractivity contribution in [2.24, 2.45) is 5.41 Å². The van der Waals surface area contributed by atoms with Gasteiger partial charge in [-0.1, -0.05) is 35.0 Å². The van der Waals surface area contributed by atoms with Crippen molar-refractivity contribution in [2.45, 2.75) is 38.6 Å². The van der Waals surface area contributed by atoms with E-state index in [1.807, 2.05) is 0 Å². The number of nitrogens with zero attached hydrogens (tertiary/aromatic N) is 1. The minimum atomic E-state index is 0.473. The van der Waals surface area contributed by atoms with Crippen LogP contribution in [0.4, 0.5) is 0 Å². The molecule has 3 rings (SSSR count). The minimum Gasteiger partial charge on any atom is -0.309 e. The molecule has 1 N–H and O–H groups in total. The highest BCUT2D eigenvalue weighted by atomic mass is 79.9. The van der Waals surface area contributed by atoms with Crippen molar-refractivity contribution in [3.05, 3.63) is 33.8 Å². The van der Waals surface area contributed by atoms with Crippen LogP contribution in [0, 0.1) is 5.41 Å². The molecule has 2 nitrogen and oxygen atoms in total. The maximum absolute atomic E-state index is 3.85. The average Bonchev–Trinajstić information content (AvgIpc) is 2.85. The fourth-order valence-corrected chi connectivity index (χ4v) is 4.11. The molecule has 1 aliphatic heterocycles. The first kappa shape index (κ1) is 14.6. The van der Waals surface area contributed by atoms with E-state index in [9.17, 15) is 0 Å². The Morgan fingerprint density at radius 3 is 2.85 bits per heavy atom. The van der Waals surface area contributed by atoms with E-state index in [1.165, 1.54) is 54.4 Å². The first-order valence-corrected chi connectivity index (χ1v) is 8.56. The van der Waals surface area contributed by atoms with Gasteiger partial charge in [0.05, 0.1) is 0 Å². The molecule has 110 valence electrons. The van der Waals surface area contributed by atoms with E-state index < -0.39 is 0 Å². The molecule has 0 aromatic heterocycles. The van der Waals surface area contributed by atoms with Crippen LogP contribution in [0.25, 0.3) is 0 Å². The van der Waals surface area contributed by atoms with Gasteiger partial charge in [0.2, 0.25) is 0 Å². The van der Waals surface area contributed by atoms with Crippen LogP contribution in [-0.2, 0) is 6.42 Å². The van der Waals surface area contributed by atoms with Crippen molar-refractivity contribution in [3.8, 4) is 0 Å². The van der Waals surface area contributed by atoms with Crippen molar-refractivity contribution in [1.29, 1.82) is 0 Å². The Hall–Kier alpha value is -0.380. The fraction of sp³-hybridized carbons (Fsp3) is 0.647. The number of hydrogen-bond acceptors (Lipinski definition) is 2. The quantitative estimate of drug-likeness (QED) is 0.904. The Bertz CT molecular complexity index is 478. The standard InChI is InChI=1S/C17H25BrN2/c1-17(8-10-20(2)11-9-17)12-19-16-7-6-13-14(16)4-3-5-15(13)18/h3-5,16,19H,6-12H2,1-2H3. The summed E-state index contributed by atoms with van der Waals surface area (Å²) >= 11 is 3.69. The predicted octanol–water partition coefficient (Wildman–Crippen LogP) is 3.76. The Morgan fingerprint density at radius 1 is 1.35 bits per heavy atom. The molecule has 1 aliphatic carbocycles. The number of likely N-dealkylation sites (tertiary alicyclic amines) is 1. The largest absolute Gasteiger partial charge is 0.309 e. The third kappa shape index (κ3) is 2.95. The second kappa shape index (κ2) is 5.78. The van der Waals surface area contributed by atoms with E-state index in [0.29, 0.717) is 11.5 Å². The summed E-state index contributed by atoms with van der Waals surface area (Å²) in [5, 5.41) is 3.85. The van der Waals surface area contributed by atoms with Gasteiger partial charge in [0, 0.05) is 17.1 Å². The zero-order valence-electron chi connectivity index (χ0n) is 12.6. The topological polar surface area (TPSA) is 15.3 Å². The van der Waals surface area contributed by atoms with Gasteiger partial charge in [0.1, 0.15) is 0 Å². The van der Waals surface area contributed by atoms with Gasteiger partial charge in [0.15, 0.2) is 0 Å². The first-order valence-electron chi connectivity index (χ1n) is 7.77. The van der Waals surface area contributed by atoms with Gasteiger partial charge in [-0.2, -0.15) is 0 Å². The summed E-state index contributed by atoms with van der Waals surface area (Å²) in [6.45, 7) is 6.08. The number of fused-ring (bicyclic) bond motifs is 1. The maximum atomic E-state index is 3.85. The van der Waals surface area contributed by atoms with E-state index in [1.54, 1.807) is 0 Å². The number of halogens is 1. The van der Waals surface area contributed by atoms with Crippen molar-refractivity contribution in [2.75, 3.05) is 26.7 Å². The summed E-state index contributed by atoms with van der Waals surface area (Å²) in [5.41, 5.74) is 3.50. The van der Waals surface area contributed by atoms with Crippen LogP contribution in [0.15, 0.2) is 22.7 Å². The normalized spacial score (nSPS) is 25.6. The molecule has 1 aromatic carbocycles. The summed E-state index contributed by atoms with van der Waals surface area (Å²) in [6.07, 6.45) is 5.07. The van der Waals surface area contributed by atoms with Crippen LogP contribution in [0.1, 0.15) is 43.4 Å². The summed E-state index contributed by atoms with van der Waals surface area (Å²) in [7, 11) is 2.23. The van der Waals surface area contributed by atoms with E-state index in [2.05, 4.69) is 58.3 Å². The van der Waals surface area contributed by atoms with Crippen LogP contribution >= 0.6 is 15.9 Å². The summed E-state index contributed by atoms with van der Waals surface area (Å²) in [5.74, 6) is 0. The van der Waals surface area contributed by atoms with E-state index in [-0.39, 0.29) is 0 Å². The second-order valence-electron chi connectivity index (χ2n) is 6.89. The zero-order valence-corrected chi connectivity index (χ0v) is 14.2. The molecule has 1 atom stereocenters. The maximum Gasteiger partial charge on any atom is 0.0326 e. The molecule has 0 spiro atoms. The van der Waals surface area contributed by atoms with Crippen LogP contribution < -0.4 is 5.32 Å². The third-order valence-electron chi connectivity index (χ3n) is 5.18. The minimum absolute atomic E-state index is 0.473. The monoisotopic (exact) mass is 336 g/mol. The van der Waals surface area contributed by atoms with Gasteiger partial charge >= 0.3 is 0 Å². The van der Waals surface area contributed by atoms with Crippen molar-refractivity contribution in [1.82, 2.24) is 10.2 Å². The van der Waals surface area contributed by atoms with Gasteiger partial charge in [-0.15, -0.1) is 0 Å². The molecule has 0 bridgehead atoms. The molecule has 2 aliphatic rings. The lowest BCUT2D eigenvalue weighted by Crippen LogP contribution is -2.42. The van der Waals surface area contributed by atoms with Crippen LogP contribution in [-0.4, -0.2) is 31.6 Å². The second-order valence-corrected chi connectivity index (χ2v) is 7.75. The van der Waals surface area contributed by atoms with Gasteiger partial charge in [-0.3, -0.25) is 0 Å². The Balaban J connectivity index is 1.62. The zero-order chi connectivity index (χ0) is 14.2. The molecule has 1 saturated heterocycles. The molecular weight excluding hydrogens is 312 g/mol. The summed E-state index contributed by atoms with van der Waals surface area (Å²) < 4.78 is 1.28. The van der Waals surface area contributed by atoms with Crippen LogP contribution in [0.2, 0.25) is 0 Å². The molecule has 3 heteroatoms. The summed E-state index contributed by atoms with van der Waals surface area (Å²) in [4.78, 5) is 2.45. The molecule has 0 amide bonds. The van der Waals surface area contributed by atoms with Crippen LogP contribution in [0.3, 0.4) is 0 Å². The van der Waals surface area contributed by atoms with Gasteiger partial charge in [0.25, 0.3) is 0 Å². The molecule has 1 fully saturated rings. The average molecular weight is 337 g/mol. The Labute approximate surface area is 131 Å². The van der Waals surface area contributed by atoms with Gasteiger partial charge < -0.3 is 10.2 Å². The Morgan fingerprint density at radius 2 is 2.10 bits per heavy atom. The number of nitrogens with one attached hydrogen (secondary N) is 1. The smallest absolute Gasteiger partial charge is 0.0326 e. The highest BCUT2D eigenvalue weighted by molar-refractivity contribution is 9.10. The van der Waals surface area contributed by atoms with Crippen molar-refractivity contribution < 1.29 is 0 Å². The predicted molar refractivity (Wildman–Crippen MR) is 88.0 cm³/mol. The first-order chi connectivity index (χ1) is 9.57. The highest BCUT2D eigenvalue weighted by Gasteiger charge is 2.31. The Kier molecular flexibility index (Phi) is 4.21. The number of hydrogen-bond donors (Lipinski definition) is 1.